The quantitative estimate of drug-likeness (QED) is 0.413. The van der Waals surface area contributed by atoms with Crippen molar-refractivity contribution >= 4 is 32.5 Å². The van der Waals surface area contributed by atoms with E-state index in [4.69, 9.17) is 9.40 Å². The van der Waals surface area contributed by atoms with E-state index in [2.05, 4.69) is 4.90 Å². The Balaban J connectivity index is 1.69. The third kappa shape index (κ3) is 3.71. The monoisotopic (exact) mass is 448 g/mol. The molecule has 0 atom stereocenters. The number of nitrogens with zero attached hydrogens (tertiary/aromatic N) is 2. The van der Waals surface area contributed by atoms with Crippen LogP contribution in [0.2, 0.25) is 0 Å². The smallest absolute Gasteiger partial charge is 0.203 e. The van der Waals surface area contributed by atoms with E-state index in [1.54, 1.807) is 6.07 Å². The number of hydrogen-bond acceptors (Lipinski definition) is 6. The molecule has 5 nitrogen and oxygen atoms in total. The summed E-state index contributed by atoms with van der Waals surface area (Å²) >= 11 is 1.51. The highest BCUT2D eigenvalue weighted by atomic mass is 32.1. The molecule has 1 aliphatic rings. The van der Waals surface area contributed by atoms with Crippen LogP contribution in [0.4, 0.5) is 0 Å². The Morgan fingerprint density at radius 1 is 1.16 bits per heavy atom. The second-order valence-electron chi connectivity index (χ2n) is 8.63. The van der Waals surface area contributed by atoms with Gasteiger partial charge in [0.05, 0.1) is 26.7 Å². The van der Waals surface area contributed by atoms with Crippen LogP contribution in [-0.2, 0) is 13.0 Å². The highest BCUT2D eigenvalue weighted by Gasteiger charge is 2.23. The molecular weight excluding hydrogens is 420 g/mol. The van der Waals surface area contributed by atoms with Gasteiger partial charge in [0, 0.05) is 6.54 Å². The number of aromatic nitrogens is 1. The molecule has 6 heteroatoms. The van der Waals surface area contributed by atoms with Gasteiger partial charge in [-0.15, -0.1) is 11.3 Å². The number of rotatable bonds is 4. The van der Waals surface area contributed by atoms with Crippen LogP contribution in [0, 0.1) is 6.92 Å². The Kier molecular flexibility index (Phi) is 5.74. The molecule has 4 aromatic rings. The average Bonchev–Trinajstić information content (AvgIpc) is 3.03. The fourth-order valence-corrected chi connectivity index (χ4v) is 5.77. The maximum absolute atomic E-state index is 13.7. The molecule has 32 heavy (non-hydrogen) atoms. The van der Waals surface area contributed by atoms with Crippen molar-refractivity contribution in [3.05, 3.63) is 57.4 Å². The van der Waals surface area contributed by atoms with Crippen LogP contribution < -0.4 is 5.43 Å². The van der Waals surface area contributed by atoms with Gasteiger partial charge in [0.15, 0.2) is 0 Å². The number of benzene rings is 2. The lowest BCUT2D eigenvalue weighted by Crippen LogP contribution is -2.24. The van der Waals surface area contributed by atoms with Crippen molar-refractivity contribution < 1.29 is 9.52 Å². The molecule has 2 aromatic carbocycles. The molecule has 3 heterocycles. The van der Waals surface area contributed by atoms with Crippen molar-refractivity contribution in [2.45, 2.75) is 52.5 Å². The molecule has 0 unspecified atom stereocenters. The van der Waals surface area contributed by atoms with Crippen molar-refractivity contribution in [3.8, 4) is 16.3 Å². The highest BCUT2D eigenvalue weighted by molar-refractivity contribution is 7.21. The Hall–Kier alpha value is -2.70. The normalized spacial score (nSPS) is 15.4. The highest BCUT2D eigenvalue weighted by Crippen LogP contribution is 2.36. The number of phenols is 1. The lowest BCUT2D eigenvalue weighted by molar-refractivity contribution is 0.272. The van der Waals surface area contributed by atoms with Crippen molar-refractivity contribution in [2.75, 3.05) is 13.1 Å². The van der Waals surface area contributed by atoms with E-state index in [-0.39, 0.29) is 11.2 Å². The van der Waals surface area contributed by atoms with Gasteiger partial charge < -0.3 is 9.52 Å². The number of fused-ring (bicyclic) bond motifs is 2. The van der Waals surface area contributed by atoms with Gasteiger partial charge in [-0.3, -0.25) is 9.69 Å². The Morgan fingerprint density at radius 3 is 2.62 bits per heavy atom. The first-order chi connectivity index (χ1) is 15.6. The summed E-state index contributed by atoms with van der Waals surface area (Å²) in [5.74, 6) is 0.807. The predicted octanol–water partition coefficient (Wildman–Crippen LogP) is 6.02. The van der Waals surface area contributed by atoms with E-state index in [9.17, 15) is 9.90 Å². The van der Waals surface area contributed by atoms with Gasteiger partial charge in [0.25, 0.3) is 0 Å². The van der Waals surface area contributed by atoms with Crippen molar-refractivity contribution in [1.29, 1.82) is 0 Å². The van der Waals surface area contributed by atoms with E-state index in [0.717, 1.165) is 47.3 Å². The molecule has 0 radical (unpaired) electrons. The molecule has 2 aromatic heterocycles. The van der Waals surface area contributed by atoms with Crippen LogP contribution in [0.3, 0.4) is 0 Å². The van der Waals surface area contributed by atoms with Crippen molar-refractivity contribution in [1.82, 2.24) is 9.88 Å². The molecule has 5 rings (SSSR count). The lowest BCUT2D eigenvalue weighted by Gasteiger charge is -2.22. The van der Waals surface area contributed by atoms with Crippen LogP contribution in [0.1, 0.15) is 49.5 Å². The van der Waals surface area contributed by atoms with Crippen LogP contribution in [0.15, 0.2) is 39.5 Å². The number of hydrogen-bond donors (Lipinski definition) is 1. The Morgan fingerprint density at radius 2 is 1.91 bits per heavy atom. The lowest BCUT2D eigenvalue weighted by atomic mass is 10.00. The molecule has 0 spiro atoms. The summed E-state index contributed by atoms with van der Waals surface area (Å²) in [7, 11) is 0. The summed E-state index contributed by atoms with van der Waals surface area (Å²) in [6.45, 7) is 6.43. The maximum atomic E-state index is 13.7. The number of aromatic hydroxyl groups is 1. The molecule has 0 amide bonds. The second-order valence-corrected chi connectivity index (χ2v) is 9.66. The fourth-order valence-electron chi connectivity index (χ4n) is 4.72. The number of likely N-dealkylation sites (tertiary alicyclic amines) is 1. The zero-order chi connectivity index (χ0) is 22.2. The Bertz CT molecular complexity index is 1310. The topological polar surface area (TPSA) is 66.6 Å². The SMILES string of the molecule is CCc1cc2c(=O)c(-c3nc4ccccc4s3)c(C)oc2c(CN2CCCCCC2)c1O. The third-order valence-electron chi connectivity index (χ3n) is 6.48. The van der Waals surface area contributed by atoms with Gasteiger partial charge in [0.1, 0.15) is 22.1 Å². The van der Waals surface area contributed by atoms with Crippen molar-refractivity contribution in [2.24, 2.45) is 0 Å². The molecular formula is C26H28N2O3S. The summed E-state index contributed by atoms with van der Waals surface area (Å²) in [6, 6.07) is 9.71. The molecule has 1 fully saturated rings. The number of phenolic OH excluding ortho intramolecular Hbond substituents is 1. The van der Waals surface area contributed by atoms with Crippen molar-refractivity contribution in [3.63, 3.8) is 0 Å². The molecule has 0 bridgehead atoms. The first kappa shape index (κ1) is 21.2. The largest absolute Gasteiger partial charge is 0.507 e. The summed E-state index contributed by atoms with van der Waals surface area (Å²) in [5, 5.41) is 12.3. The molecule has 166 valence electrons. The van der Waals surface area contributed by atoms with Crippen LogP contribution in [-0.4, -0.2) is 28.1 Å². The molecule has 1 N–H and O–H groups in total. The van der Waals surface area contributed by atoms with Crippen LogP contribution in [0.25, 0.3) is 31.8 Å². The standard InChI is InChI=1S/C26H28N2O3S/c1-3-17-14-18-24(30)22(26-27-20-10-6-7-11-21(20)32-26)16(2)31-25(18)19(23(17)29)15-28-12-8-4-5-9-13-28/h6-7,10-11,14,29H,3-5,8-9,12-13,15H2,1-2H3. The van der Waals surface area contributed by atoms with Gasteiger partial charge in [0.2, 0.25) is 5.43 Å². The minimum atomic E-state index is -0.0744. The minimum absolute atomic E-state index is 0.0744. The van der Waals surface area contributed by atoms with Gasteiger partial charge in [-0.1, -0.05) is 31.9 Å². The molecule has 0 saturated carbocycles. The second kappa shape index (κ2) is 8.68. The number of thiazole rings is 1. The fraction of sp³-hybridized carbons (Fsp3) is 0.385. The van der Waals surface area contributed by atoms with Crippen LogP contribution >= 0.6 is 11.3 Å². The van der Waals surface area contributed by atoms with E-state index in [1.165, 1.54) is 24.2 Å². The zero-order valence-corrected chi connectivity index (χ0v) is 19.4. The van der Waals surface area contributed by atoms with E-state index >= 15 is 0 Å². The van der Waals surface area contributed by atoms with Gasteiger partial charge in [-0.2, -0.15) is 0 Å². The van der Waals surface area contributed by atoms with E-state index in [1.807, 2.05) is 38.1 Å². The average molecular weight is 449 g/mol. The van der Waals surface area contributed by atoms with Gasteiger partial charge in [-0.25, -0.2) is 4.98 Å². The maximum Gasteiger partial charge on any atom is 0.203 e. The van der Waals surface area contributed by atoms with Crippen LogP contribution in [0.5, 0.6) is 5.75 Å². The summed E-state index contributed by atoms with van der Waals surface area (Å²) in [5.41, 5.74) is 3.36. The first-order valence-corrected chi connectivity index (χ1v) is 12.3. The first-order valence-electron chi connectivity index (χ1n) is 11.5. The summed E-state index contributed by atoms with van der Waals surface area (Å²) < 4.78 is 7.33. The minimum Gasteiger partial charge on any atom is -0.507 e. The number of aryl methyl sites for hydroxylation is 2. The predicted molar refractivity (Wildman–Crippen MR) is 131 cm³/mol. The molecule has 1 saturated heterocycles. The van der Waals surface area contributed by atoms with E-state index < -0.39 is 0 Å². The molecule has 1 aliphatic heterocycles. The summed E-state index contributed by atoms with van der Waals surface area (Å²) in [6.07, 6.45) is 5.47. The molecule has 0 aliphatic carbocycles. The third-order valence-corrected chi connectivity index (χ3v) is 7.53. The number of para-hydroxylation sites is 1. The zero-order valence-electron chi connectivity index (χ0n) is 18.6. The summed E-state index contributed by atoms with van der Waals surface area (Å²) in [4.78, 5) is 20.8. The van der Waals surface area contributed by atoms with E-state index in [0.29, 0.717) is 40.3 Å². The van der Waals surface area contributed by atoms with Gasteiger partial charge in [-0.05, 0) is 63.0 Å². The van der Waals surface area contributed by atoms with Gasteiger partial charge >= 0.3 is 0 Å². The Labute approximate surface area is 191 Å².